The summed E-state index contributed by atoms with van der Waals surface area (Å²) in [6.45, 7) is 21.4. The van der Waals surface area contributed by atoms with Crippen LogP contribution in [0, 0.1) is 29.6 Å². The van der Waals surface area contributed by atoms with Gasteiger partial charge in [-0.1, -0.05) is 148 Å². The normalized spacial score (nSPS) is 18.0. The fourth-order valence-corrected chi connectivity index (χ4v) is 13.3. The monoisotopic (exact) mass is 1200 g/mol. The van der Waals surface area contributed by atoms with E-state index in [-0.39, 0.29) is 66.1 Å². The molecule has 7 amide bonds. The topological polar surface area (TPSA) is 239 Å². The Morgan fingerprint density at radius 3 is 1.84 bits per heavy atom. The van der Waals surface area contributed by atoms with E-state index >= 15 is 0 Å². The van der Waals surface area contributed by atoms with Crippen molar-refractivity contribution in [1.29, 1.82) is 0 Å². The van der Waals surface area contributed by atoms with Gasteiger partial charge >= 0.3 is 6.09 Å². The summed E-state index contributed by atoms with van der Waals surface area (Å²) in [5.41, 5.74) is 4.77. The van der Waals surface area contributed by atoms with Gasteiger partial charge in [-0.3, -0.25) is 38.6 Å². The third-order valence-corrected chi connectivity index (χ3v) is 18.2. The zero-order valence-corrected chi connectivity index (χ0v) is 53.7. The van der Waals surface area contributed by atoms with Gasteiger partial charge < -0.3 is 50.8 Å². The summed E-state index contributed by atoms with van der Waals surface area (Å²) in [5, 5.41) is 33.2. The highest BCUT2D eigenvalue weighted by Crippen LogP contribution is 2.45. The highest BCUT2D eigenvalue weighted by Gasteiger charge is 2.44. The van der Waals surface area contributed by atoms with Gasteiger partial charge in [-0.05, 0) is 85.2 Å². The Morgan fingerprint density at radius 1 is 0.718 bits per heavy atom. The number of benzene rings is 3. The quantitative estimate of drug-likeness (QED) is 0.0265. The number of hydrogen-bond acceptors (Lipinski definition) is 12. The molecule has 0 radical (unpaired) electrons. The van der Waals surface area contributed by atoms with Crippen LogP contribution in [-0.2, 0) is 38.2 Å². The average molecular weight is 1200 g/mol. The van der Waals surface area contributed by atoms with Crippen molar-refractivity contribution >= 4 is 53.3 Å². The van der Waals surface area contributed by atoms with Crippen molar-refractivity contribution < 1.29 is 53.2 Å². The second-order valence-electron chi connectivity index (χ2n) is 24.3. The van der Waals surface area contributed by atoms with Crippen molar-refractivity contribution in [2.24, 2.45) is 29.6 Å². The average Bonchev–Trinajstić information content (AvgIpc) is 4.06. The van der Waals surface area contributed by atoms with Crippen molar-refractivity contribution in [3.8, 4) is 11.1 Å². The Kier molecular flexibility index (Phi) is 26.7. The minimum Gasteiger partial charge on any atom is -0.465 e. The number of thioether (sulfide) groups is 1. The van der Waals surface area contributed by atoms with Crippen molar-refractivity contribution in [3.63, 3.8) is 0 Å². The fraction of sp³-hybridized carbons (Fsp3) is 0.615. The Labute approximate surface area is 509 Å². The van der Waals surface area contributed by atoms with Crippen LogP contribution in [0.1, 0.15) is 131 Å². The van der Waals surface area contributed by atoms with E-state index < -0.39 is 90.3 Å². The lowest BCUT2D eigenvalue weighted by molar-refractivity contribution is -0.148. The van der Waals surface area contributed by atoms with E-state index in [0.29, 0.717) is 43.7 Å². The molecule has 3 aromatic carbocycles. The lowest BCUT2D eigenvalue weighted by Crippen LogP contribution is -2.60. The number of nitrogens with one attached hydrogen (secondary N) is 4. The van der Waals surface area contributed by atoms with E-state index in [4.69, 9.17) is 9.47 Å². The molecule has 470 valence electrons. The SMILES string of the molecule is CC[C@H](C)[C@@H]([C@@H](CC(=O)N1CCC[C@H]1[C@H](OC)[C@@H](C)C(=O)N[C@H](C)[C@@H](O)c1ccccc1)OC)N(C)C(=O)[C@@H](NC(=O)[C@H](C(C)C)N(C)CCSCNC(=O)[C@H](C)NC(=O)[C@H](C(C)C)N(CC1c2ccccc2-c2ccccc21)C(=O)O)C(C)C. The van der Waals surface area contributed by atoms with Gasteiger partial charge in [0.15, 0.2) is 0 Å². The number of carboxylic acid groups (broad SMARTS) is 1. The highest BCUT2D eigenvalue weighted by atomic mass is 32.2. The summed E-state index contributed by atoms with van der Waals surface area (Å²) >= 11 is 1.44. The van der Waals surface area contributed by atoms with Gasteiger partial charge in [0.05, 0.1) is 60.7 Å². The minimum absolute atomic E-state index is 0.0352. The first kappa shape index (κ1) is 69.7. The molecule has 0 bridgehead atoms. The Balaban J connectivity index is 1.15. The number of likely N-dealkylation sites (N-methyl/N-ethyl adjacent to an activating group) is 2. The molecule has 1 saturated heterocycles. The highest BCUT2D eigenvalue weighted by molar-refractivity contribution is 7.99. The van der Waals surface area contributed by atoms with Crippen LogP contribution in [0.4, 0.5) is 4.79 Å². The fourth-order valence-electron chi connectivity index (χ4n) is 12.5. The van der Waals surface area contributed by atoms with Crippen molar-refractivity contribution in [1.82, 2.24) is 40.9 Å². The van der Waals surface area contributed by atoms with Gasteiger partial charge in [0.1, 0.15) is 18.1 Å². The van der Waals surface area contributed by atoms with Crippen LogP contribution in [0.5, 0.6) is 0 Å². The summed E-state index contributed by atoms with van der Waals surface area (Å²) in [5.74, 6) is -3.22. The molecule has 0 aromatic heterocycles. The van der Waals surface area contributed by atoms with Gasteiger partial charge in [0, 0.05) is 52.6 Å². The molecule has 0 unspecified atom stereocenters. The number of hydrogen-bond donors (Lipinski definition) is 6. The minimum atomic E-state index is -1.23. The number of methoxy groups -OCH3 is 2. The lowest BCUT2D eigenvalue weighted by Gasteiger charge is -2.41. The van der Waals surface area contributed by atoms with Crippen LogP contribution in [0.2, 0.25) is 0 Å². The molecule has 1 fully saturated rings. The number of carbonyl (C=O) groups excluding carboxylic acids is 6. The summed E-state index contributed by atoms with van der Waals surface area (Å²) in [6.07, 6.45) is -1.50. The number of nitrogens with zero attached hydrogens (tertiary/aromatic N) is 4. The number of fused-ring (bicyclic) bond motifs is 3. The summed E-state index contributed by atoms with van der Waals surface area (Å²) in [6, 6.07) is 19.9. The first-order valence-corrected chi connectivity index (χ1v) is 31.5. The molecule has 20 heteroatoms. The lowest BCUT2D eigenvalue weighted by atomic mass is 9.89. The number of rotatable bonds is 32. The molecular formula is C65H98N8O11S. The van der Waals surface area contributed by atoms with Crippen LogP contribution in [0.3, 0.4) is 0 Å². The van der Waals surface area contributed by atoms with Gasteiger partial charge in [-0.25, -0.2) is 4.79 Å². The van der Waals surface area contributed by atoms with Crippen molar-refractivity contribution in [3.05, 3.63) is 95.6 Å². The van der Waals surface area contributed by atoms with Crippen LogP contribution in [0.25, 0.3) is 11.1 Å². The third-order valence-electron chi connectivity index (χ3n) is 17.4. The second-order valence-corrected chi connectivity index (χ2v) is 25.4. The maximum Gasteiger partial charge on any atom is 0.408 e. The zero-order chi connectivity index (χ0) is 63.0. The Bertz CT molecular complexity index is 2650. The summed E-state index contributed by atoms with van der Waals surface area (Å²) in [7, 11) is 6.63. The molecule has 85 heavy (non-hydrogen) atoms. The molecule has 2 aliphatic rings. The standard InChI is InChI=1S/C65H98N8O11S/c1-16-41(8)57(52(83-14)35-53(74)72-32-24-31-51(72)59(84-15)42(9)60(76)67-43(10)58(75)45-25-18-17-19-26-45)71(13)64(80)54(38(2)3)69-62(78)55(39(4)5)70(12)33-34-85-37-66-61(77)44(11)68-63(79)56(40(6)7)73(65(81)82)36-50-48-29-22-20-27-46(48)47-28-21-23-30-49(47)50/h17-23,25-30,38-44,50-52,54-59,75H,16,24,31-37H2,1-15H3,(H,66,77)(H,67,76)(H,68,79)(H,69,78)(H,81,82)/t41-,42+,43+,44-,51-,52+,54-,55-,56-,57-,58+,59+/m0/s1. The second kappa shape index (κ2) is 32.6. The number of likely N-dealkylation sites (tertiary alicyclic amines) is 1. The van der Waals surface area contributed by atoms with Gasteiger partial charge in [-0.15, -0.1) is 11.8 Å². The van der Waals surface area contributed by atoms with Gasteiger partial charge in [0.25, 0.3) is 0 Å². The Morgan fingerprint density at radius 2 is 1.29 bits per heavy atom. The number of amides is 7. The van der Waals surface area contributed by atoms with E-state index in [1.54, 1.807) is 63.6 Å². The summed E-state index contributed by atoms with van der Waals surface area (Å²) in [4.78, 5) is 104. The van der Waals surface area contributed by atoms with Crippen LogP contribution < -0.4 is 21.3 Å². The maximum atomic E-state index is 14.8. The molecule has 6 N–H and O–H groups in total. The molecule has 12 atom stereocenters. The van der Waals surface area contributed by atoms with Gasteiger partial charge in [0.2, 0.25) is 35.4 Å². The van der Waals surface area contributed by atoms with E-state index in [0.717, 1.165) is 22.3 Å². The number of aliphatic hydroxyl groups excluding tert-OH is 1. The van der Waals surface area contributed by atoms with E-state index in [1.807, 2.05) is 120 Å². The van der Waals surface area contributed by atoms with Crippen LogP contribution in [-0.4, -0.2) is 185 Å². The predicted molar refractivity (Wildman–Crippen MR) is 333 cm³/mol. The zero-order valence-electron chi connectivity index (χ0n) is 52.9. The molecule has 5 rings (SSSR count). The molecule has 1 aliphatic heterocycles. The smallest absolute Gasteiger partial charge is 0.408 e. The van der Waals surface area contributed by atoms with E-state index in [2.05, 4.69) is 21.3 Å². The number of ether oxygens (including phenoxy) is 2. The molecule has 1 aliphatic carbocycles. The Hall–Kier alpha value is -6.06. The first-order valence-electron chi connectivity index (χ1n) is 30.3. The molecule has 0 spiro atoms. The van der Waals surface area contributed by atoms with Crippen LogP contribution in [0.15, 0.2) is 78.9 Å². The van der Waals surface area contributed by atoms with Crippen molar-refractivity contribution in [2.75, 3.05) is 59.6 Å². The third kappa shape index (κ3) is 17.6. The number of aliphatic hydroxyl groups is 1. The predicted octanol–water partition coefficient (Wildman–Crippen LogP) is 7.37. The summed E-state index contributed by atoms with van der Waals surface area (Å²) < 4.78 is 12.1. The van der Waals surface area contributed by atoms with E-state index in [1.165, 1.54) is 30.9 Å². The largest absolute Gasteiger partial charge is 0.465 e. The molecular weight excluding hydrogens is 1100 g/mol. The maximum absolute atomic E-state index is 14.8. The van der Waals surface area contributed by atoms with Crippen LogP contribution >= 0.6 is 11.8 Å². The molecule has 0 saturated carbocycles. The van der Waals surface area contributed by atoms with Crippen molar-refractivity contribution in [2.45, 2.75) is 168 Å². The molecule has 3 aromatic rings. The molecule has 19 nitrogen and oxygen atoms in total. The van der Waals surface area contributed by atoms with E-state index in [9.17, 15) is 43.8 Å². The number of carbonyl (C=O) groups is 7. The first-order chi connectivity index (χ1) is 40.3. The molecule has 1 heterocycles. The van der Waals surface area contributed by atoms with Gasteiger partial charge in [-0.2, -0.15) is 0 Å².